The first-order chi connectivity index (χ1) is 17.8. The normalized spacial score (nSPS) is 12.9. The Morgan fingerprint density at radius 1 is 1.00 bits per heavy atom. The molecule has 0 bridgehead atoms. The molecule has 0 spiro atoms. The van der Waals surface area contributed by atoms with Crippen LogP contribution in [-0.4, -0.2) is 28.5 Å². The molecule has 0 aliphatic rings. The van der Waals surface area contributed by atoms with Crippen LogP contribution in [0.15, 0.2) is 66.9 Å². The molecular formula is C29H27Cl2FN2O3. The van der Waals surface area contributed by atoms with Gasteiger partial charge in [-0.2, -0.15) is 0 Å². The largest absolute Gasteiger partial charge is 0.481 e. The molecule has 1 amide bonds. The Bertz CT molecular complexity index is 1400. The fourth-order valence-electron chi connectivity index (χ4n) is 4.84. The number of aliphatic carboxylic acids is 1. The van der Waals surface area contributed by atoms with Crippen molar-refractivity contribution in [3.8, 4) is 0 Å². The third-order valence-electron chi connectivity index (χ3n) is 6.53. The van der Waals surface area contributed by atoms with Gasteiger partial charge in [-0.05, 0) is 65.4 Å². The number of fused-ring (bicyclic) bond motifs is 1. The molecule has 8 heteroatoms. The van der Waals surface area contributed by atoms with Crippen molar-refractivity contribution in [3.63, 3.8) is 0 Å². The number of aromatic nitrogens is 1. The molecule has 0 saturated heterocycles. The van der Waals surface area contributed by atoms with Crippen LogP contribution in [0.3, 0.4) is 0 Å². The Morgan fingerprint density at radius 2 is 1.68 bits per heavy atom. The summed E-state index contributed by atoms with van der Waals surface area (Å²) in [6.45, 7) is 2.18. The maximum Gasteiger partial charge on any atom is 0.305 e. The molecule has 2 atom stereocenters. The number of aromatic amines is 1. The molecule has 0 fully saturated rings. The van der Waals surface area contributed by atoms with Gasteiger partial charge in [-0.3, -0.25) is 9.59 Å². The molecular weight excluding hydrogens is 514 g/mol. The van der Waals surface area contributed by atoms with Gasteiger partial charge in [0.05, 0.1) is 11.9 Å². The van der Waals surface area contributed by atoms with Crippen molar-refractivity contribution < 1.29 is 19.1 Å². The quantitative estimate of drug-likeness (QED) is 0.194. The zero-order valence-electron chi connectivity index (χ0n) is 20.2. The molecule has 4 aromatic rings. The van der Waals surface area contributed by atoms with Gasteiger partial charge in [0, 0.05) is 39.7 Å². The molecule has 192 valence electrons. The van der Waals surface area contributed by atoms with Crippen LogP contribution in [0.4, 0.5) is 4.39 Å². The number of H-pyrrole nitrogens is 1. The van der Waals surface area contributed by atoms with E-state index in [0.29, 0.717) is 21.1 Å². The molecule has 1 aromatic heterocycles. The van der Waals surface area contributed by atoms with E-state index in [1.807, 2.05) is 42.6 Å². The van der Waals surface area contributed by atoms with Crippen molar-refractivity contribution in [1.29, 1.82) is 0 Å². The van der Waals surface area contributed by atoms with E-state index in [-0.39, 0.29) is 30.7 Å². The predicted molar refractivity (Wildman–Crippen MR) is 145 cm³/mol. The third-order valence-corrected chi connectivity index (χ3v) is 7.00. The minimum absolute atomic E-state index is 0.0105. The Balaban J connectivity index is 1.76. The van der Waals surface area contributed by atoms with Crippen molar-refractivity contribution in [2.24, 2.45) is 0 Å². The summed E-state index contributed by atoms with van der Waals surface area (Å²) >= 11 is 12.4. The van der Waals surface area contributed by atoms with E-state index in [1.54, 1.807) is 18.2 Å². The number of hydrogen-bond acceptors (Lipinski definition) is 2. The van der Waals surface area contributed by atoms with E-state index in [4.69, 9.17) is 28.3 Å². The maximum atomic E-state index is 14.7. The van der Waals surface area contributed by atoms with Gasteiger partial charge >= 0.3 is 5.97 Å². The van der Waals surface area contributed by atoms with Crippen LogP contribution < -0.4 is 5.32 Å². The lowest BCUT2D eigenvalue weighted by atomic mass is 9.75. The van der Waals surface area contributed by atoms with Crippen LogP contribution in [-0.2, 0) is 4.79 Å². The Labute approximate surface area is 224 Å². The van der Waals surface area contributed by atoms with Crippen molar-refractivity contribution >= 4 is 46.0 Å². The van der Waals surface area contributed by atoms with Gasteiger partial charge in [-0.1, -0.05) is 60.8 Å². The summed E-state index contributed by atoms with van der Waals surface area (Å²) in [6.07, 6.45) is 3.45. The standard InChI is InChI=1S/C29H27Cl2FN2O3/c1-2-3-22(17-4-6-19(7-5-17)29(37)33-13-12-26(35)36)27(18-8-10-20(30)11-9-18)24-16-34-28-23(24)14-21(31)15-25(28)32/h4-11,14-16,22,27,34H,2-3,12-13H2,1H3,(H,33,37)(H,35,36). The van der Waals surface area contributed by atoms with E-state index in [1.165, 1.54) is 6.07 Å². The first-order valence-corrected chi connectivity index (χ1v) is 12.9. The SMILES string of the molecule is CCCC(c1ccc(C(=O)NCCC(=O)O)cc1)C(c1ccc(Cl)cc1)c1c[nH]c2c(F)cc(Cl)cc12. The summed E-state index contributed by atoms with van der Waals surface area (Å²) in [7, 11) is 0. The average molecular weight is 541 g/mol. The van der Waals surface area contributed by atoms with E-state index in [2.05, 4.69) is 17.2 Å². The minimum atomic E-state index is -0.968. The second-order valence-electron chi connectivity index (χ2n) is 9.00. The molecule has 1 heterocycles. The summed E-state index contributed by atoms with van der Waals surface area (Å²) in [4.78, 5) is 26.3. The highest BCUT2D eigenvalue weighted by molar-refractivity contribution is 6.31. The van der Waals surface area contributed by atoms with Gasteiger partial charge in [-0.25, -0.2) is 4.39 Å². The van der Waals surface area contributed by atoms with Crippen LogP contribution in [0.1, 0.15) is 65.1 Å². The molecule has 4 rings (SSSR count). The molecule has 0 aliphatic heterocycles. The summed E-state index contributed by atoms with van der Waals surface area (Å²) in [5, 5.41) is 13.1. The molecule has 0 saturated carbocycles. The molecule has 37 heavy (non-hydrogen) atoms. The number of benzene rings is 3. The summed E-state index contributed by atoms with van der Waals surface area (Å²) < 4.78 is 14.7. The summed E-state index contributed by atoms with van der Waals surface area (Å²) in [5.41, 5.74) is 3.84. The van der Waals surface area contributed by atoms with Crippen molar-refractivity contribution in [2.45, 2.75) is 38.0 Å². The second kappa shape index (κ2) is 11.8. The lowest BCUT2D eigenvalue weighted by molar-refractivity contribution is -0.136. The van der Waals surface area contributed by atoms with Crippen LogP contribution in [0.5, 0.6) is 0 Å². The number of amides is 1. The van der Waals surface area contributed by atoms with Gasteiger partial charge in [-0.15, -0.1) is 0 Å². The number of carboxylic acid groups (broad SMARTS) is 1. The lowest BCUT2D eigenvalue weighted by Gasteiger charge is -2.28. The molecule has 3 aromatic carbocycles. The van der Waals surface area contributed by atoms with E-state index in [9.17, 15) is 14.0 Å². The van der Waals surface area contributed by atoms with Crippen LogP contribution in [0.2, 0.25) is 10.0 Å². The molecule has 5 nitrogen and oxygen atoms in total. The van der Waals surface area contributed by atoms with Gasteiger partial charge in [0.2, 0.25) is 0 Å². The number of hydrogen-bond donors (Lipinski definition) is 3. The first-order valence-electron chi connectivity index (χ1n) is 12.1. The Hall–Kier alpha value is -3.35. The highest BCUT2D eigenvalue weighted by atomic mass is 35.5. The first kappa shape index (κ1) is 26.7. The number of nitrogens with one attached hydrogen (secondary N) is 2. The molecule has 0 radical (unpaired) electrons. The predicted octanol–water partition coefficient (Wildman–Crippen LogP) is 7.53. The molecule has 2 unspecified atom stereocenters. The van der Waals surface area contributed by atoms with Crippen molar-refractivity contribution in [2.75, 3.05) is 6.54 Å². The van der Waals surface area contributed by atoms with E-state index in [0.717, 1.165) is 34.9 Å². The average Bonchev–Trinajstić information content (AvgIpc) is 3.28. The number of rotatable bonds is 10. The lowest BCUT2D eigenvalue weighted by Crippen LogP contribution is -2.26. The molecule has 0 aliphatic carbocycles. The van der Waals surface area contributed by atoms with Gasteiger partial charge in [0.25, 0.3) is 5.91 Å². The van der Waals surface area contributed by atoms with Crippen LogP contribution in [0, 0.1) is 5.82 Å². The minimum Gasteiger partial charge on any atom is -0.481 e. The third kappa shape index (κ3) is 6.14. The number of carboxylic acids is 1. The summed E-state index contributed by atoms with van der Waals surface area (Å²) in [6, 6.07) is 18.1. The number of carbonyl (C=O) groups excluding carboxylic acids is 1. The fourth-order valence-corrected chi connectivity index (χ4v) is 5.17. The van der Waals surface area contributed by atoms with Gasteiger partial charge in [0.1, 0.15) is 5.82 Å². The smallest absolute Gasteiger partial charge is 0.305 e. The number of carbonyl (C=O) groups is 2. The Kier molecular flexibility index (Phi) is 8.52. The monoisotopic (exact) mass is 540 g/mol. The zero-order valence-corrected chi connectivity index (χ0v) is 21.7. The van der Waals surface area contributed by atoms with Crippen LogP contribution >= 0.6 is 23.2 Å². The van der Waals surface area contributed by atoms with Crippen molar-refractivity contribution in [3.05, 3.63) is 105 Å². The second-order valence-corrected chi connectivity index (χ2v) is 9.87. The zero-order chi connectivity index (χ0) is 26.5. The van der Waals surface area contributed by atoms with Gasteiger partial charge < -0.3 is 15.4 Å². The highest BCUT2D eigenvalue weighted by Crippen LogP contribution is 2.44. The summed E-state index contributed by atoms with van der Waals surface area (Å²) in [5.74, 6) is -1.83. The van der Waals surface area contributed by atoms with E-state index >= 15 is 0 Å². The van der Waals surface area contributed by atoms with Gasteiger partial charge in [0.15, 0.2) is 0 Å². The topological polar surface area (TPSA) is 82.2 Å². The fraction of sp³-hybridized carbons (Fsp3) is 0.241. The Morgan fingerprint density at radius 3 is 2.32 bits per heavy atom. The van der Waals surface area contributed by atoms with E-state index < -0.39 is 11.8 Å². The number of halogens is 3. The highest BCUT2D eigenvalue weighted by Gasteiger charge is 2.29. The van der Waals surface area contributed by atoms with Crippen LogP contribution in [0.25, 0.3) is 10.9 Å². The maximum absolute atomic E-state index is 14.7. The van der Waals surface area contributed by atoms with Crippen molar-refractivity contribution in [1.82, 2.24) is 10.3 Å². The molecule has 3 N–H and O–H groups in total.